The topological polar surface area (TPSA) is 69.4 Å². The fourth-order valence-corrected chi connectivity index (χ4v) is 4.12. The second kappa shape index (κ2) is 9.85. The molecule has 1 saturated heterocycles. The van der Waals surface area contributed by atoms with Crippen molar-refractivity contribution < 1.29 is 9.53 Å². The molecule has 168 valence electrons. The number of likely N-dealkylation sites (tertiary alicyclic amines) is 1. The fraction of sp³-hybridized carbons (Fsp3) is 0.400. The number of piperidine rings is 1. The summed E-state index contributed by atoms with van der Waals surface area (Å²) < 4.78 is 8.77. The van der Waals surface area contributed by atoms with Crippen LogP contribution in [0.4, 0.5) is 0 Å². The van der Waals surface area contributed by atoms with Crippen LogP contribution in [0, 0.1) is 0 Å². The lowest BCUT2D eigenvalue weighted by molar-refractivity contribution is 0.0710. The number of nitrogens with zero attached hydrogens (tertiary/aromatic N) is 4. The number of aromatic nitrogens is 3. The first kappa shape index (κ1) is 21.9. The number of ether oxygens (including phenoxy) is 1. The summed E-state index contributed by atoms with van der Waals surface area (Å²) in [5, 5.41) is 4.53. The van der Waals surface area contributed by atoms with Gasteiger partial charge in [0.25, 0.3) is 5.91 Å². The van der Waals surface area contributed by atoms with Gasteiger partial charge in [0.05, 0.1) is 12.3 Å². The predicted octanol–water partition coefficient (Wildman–Crippen LogP) is 3.77. The number of rotatable bonds is 7. The van der Waals surface area contributed by atoms with E-state index < -0.39 is 0 Å². The molecule has 0 unspecified atom stereocenters. The van der Waals surface area contributed by atoms with Gasteiger partial charge in [-0.25, -0.2) is 14.0 Å². The summed E-state index contributed by atoms with van der Waals surface area (Å²) in [5.41, 5.74) is 1.34. The molecule has 0 spiro atoms. The molecule has 4 rings (SSSR count). The Morgan fingerprint density at radius 3 is 2.41 bits per heavy atom. The molecule has 1 aliphatic heterocycles. The molecule has 0 aliphatic carbocycles. The molecule has 0 bridgehead atoms. The van der Waals surface area contributed by atoms with Gasteiger partial charge >= 0.3 is 5.69 Å². The first-order valence-electron chi connectivity index (χ1n) is 11.3. The van der Waals surface area contributed by atoms with Gasteiger partial charge in [0.1, 0.15) is 11.6 Å². The summed E-state index contributed by atoms with van der Waals surface area (Å²) in [7, 11) is 1.68. The van der Waals surface area contributed by atoms with Crippen LogP contribution in [0.2, 0.25) is 0 Å². The molecule has 2 aromatic carbocycles. The second-order valence-corrected chi connectivity index (χ2v) is 8.23. The molecule has 0 N–H and O–H groups in total. The first-order chi connectivity index (χ1) is 15.6. The van der Waals surface area contributed by atoms with E-state index in [0.29, 0.717) is 25.3 Å². The smallest absolute Gasteiger partial charge is 0.350 e. The van der Waals surface area contributed by atoms with Gasteiger partial charge in [-0.2, -0.15) is 5.10 Å². The molecule has 0 saturated carbocycles. The molecule has 7 heteroatoms. The lowest BCUT2D eigenvalue weighted by Crippen LogP contribution is -2.38. The summed E-state index contributed by atoms with van der Waals surface area (Å²) >= 11 is 0. The Kier molecular flexibility index (Phi) is 6.73. The summed E-state index contributed by atoms with van der Waals surface area (Å²) in [4.78, 5) is 27.5. The molecule has 1 amide bonds. The van der Waals surface area contributed by atoms with E-state index >= 15 is 0 Å². The van der Waals surface area contributed by atoms with E-state index in [9.17, 15) is 9.59 Å². The highest BCUT2D eigenvalue weighted by Gasteiger charge is 2.29. The van der Waals surface area contributed by atoms with Gasteiger partial charge in [-0.05, 0) is 55.7 Å². The molecule has 0 atom stereocenters. The Morgan fingerprint density at radius 2 is 1.75 bits per heavy atom. The molecule has 3 aromatic rings. The Balaban J connectivity index is 1.42. The van der Waals surface area contributed by atoms with Crippen molar-refractivity contribution in [3.05, 3.63) is 76.5 Å². The summed E-state index contributed by atoms with van der Waals surface area (Å²) in [6, 6.07) is 17.0. The zero-order valence-electron chi connectivity index (χ0n) is 18.7. The van der Waals surface area contributed by atoms with E-state index in [4.69, 9.17) is 4.74 Å². The van der Waals surface area contributed by atoms with E-state index in [0.717, 1.165) is 42.9 Å². The van der Waals surface area contributed by atoms with Gasteiger partial charge < -0.3 is 9.64 Å². The van der Waals surface area contributed by atoms with Crippen LogP contribution in [0.15, 0.2) is 59.4 Å². The largest absolute Gasteiger partial charge is 0.494 e. The van der Waals surface area contributed by atoms with Crippen molar-refractivity contribution in [2.24, 2.45) is 7.05 Å². The summed E-state index contributed by atoms with van der Waals surface area (Å²) in [6.07, 6.45) is 3.65. The SMILES string of the molecule is CCCCOc1ccc(C(=O)N2CCC(c3nn(C)c(=O)n3-c3ccccc3)CC2)cc1. The second-order valence-electron chi connectivity index (χ2n) is 8.23. The summed E-state index contributed by atoms with van der Waals surface area (Å²) in [5.74, 6) is 1.72. The number of unbranched alkanes of at least 4 members (excludes halogenated alkanes) is 1. The van der Waals surface area contributed by atoms with Crippen molar-refractivity contribution in [3.63, 3.8) is 0 Å². The number of hydrogen-bond acceptors (Lipinski definition) is 4. The zero-order chi connectivity index (χ0) is 22.5. The highest BCUT2D eigenvalue weighted by Crippen LogP contribution is 2.28. The Morgan fingerprint density at radius 1 is 1.06 bits per heavy atom. The molecule has 7 nitrogen and oxygen atoms in total. The van der Waals surface area contributed by atoms with E-state index in [1.807, 2.05) is 59.5 Å². The van der Waals surface area contributed by atoms with Crippen molar-refractivity contribution in [2.45, 2.75) is 38.5 Å². The Bertz CT molecular complexity index is 1090. The number of carbonyl (C=O) groups excluding carboxylic acids is 1. The lowest BCUT2D eigenvalue weighted by Gasteiger charge is -2.31. The van der Waals surface area contributed by atoms with E-state index in [1.165, 1.54) is 4.68 Å². The third-order valence-electron chi connectivity index (χ3n) is 5.98. The highest BCUT2D eigenvalue weighted by atomic mass is 16.5. The van der Waals surface area contributed by atoms with Gasteiger partial charge in [0.15, 0.2) is 0 Å². The molecule has 0 radical (unpaired) electrons. The van der Waals surface area contributed by atoms with Gasteiger partial charge in [-0.15, -0.1) is 0 Å². The molecule has 2 heterocycles. The molecule has 1 aliphatic rings. The fourth-order valence-electron chi connectivity index (χ4n) is 4.12. The molecule has 32 heavy (non-hydrogen) atoms. The van der Waals surface area contributed by atoms with Crippen LogP contribution in [-0.2, 0) is 7.05 Å². The van der Waals surface area contributed by atoms with Crippen LogP contribution in [0.5, 0.6) is 5.75 Å². The zero-order valence-corrected chi connectivity index (χ0v) is 18.7. The lowest BCUT2D eigenvalue weighted by atomic mass is 9.95. The molecule has 1 aromatic heterocycles. The van der Waals surface area contributed by atoms with Crippen LogP contribution in [0.3, 0.4) is 0 Å². The van der Waals surface area contributed by atoms with Crippen LogP contribution >= 0.6 is 0 Å². The van der Waals surface area contributed by atoms with Crippen molar-refractivity contribution in [1.82, 2.24) is 19.2 Å². The normalized spacial score (nSPS) is 14.5. The minimum Gasteiger partial charge on any atom is -0.494 e. The average molecular weight is 435 g/mol. The average Bonchev–Trinajstić information content (AvgIpc) is 3.14. The maximum atomic E-state index is 13.0. The highest BCUT2D eigenvalue weighted by molar-refractivity contribution is 5.94. The minimum atomic E-state index is -0.147. The maximum absolute atomic E-state index is 13.0. The van der Waals surface area contributed by atoms with E-state index in [-0.39, 0.29) is 17.5 Å². The third kappa shape index (κ3) is 4.61. The number of hydrogen-bond donors (Lipinski definition) is 0. The Hall–Kier alpha value is -3.35. The molecular formula is C25H30N4O3. The van der Waals surface area contributed by atoms with Gasteiger partial charge in [-0.3, -0.25) is 4.79 Å². The van der Waals surface area contributed by atoms with Gasteiger partial charge in [-0.1, -0.05) is 31.5 Å². The standard InChI is InChI=1S/C25H30N4O3/c1-3-4-18-32-22-12-10-20(11-13-22)24(30)28-16-14-19(15-17-28)23-26-27(2)25(31)29(23)21-8-6-5-7-9-21/h5-13,19H,3-4,14-18H2,1-2H3. The number of para-hydroxylation sites is 1. The summed E-state index contributed by atoms with van der Waals surface area (Å²) in [6.45, 7) is 4.09. The number of benzene rings is 2. The number of carbonyl (C=O) groups is 1. The molecular weight excluding hydrogens is 404 g/mol. The van der Waals surface area contributed by atoms with Crippen LogP contribution in [-0.4, -0.2) is 44.9 Å². The van der Waals surface area contributed by atoms with Gasteiger partial charge in [0, 0.05) is 31.6 Å². The predicted molar refractivity (Wildman–Crippen MR) is 124 cm³/mol. The van der Waals surface area contributed by atoms with Crippen LogP contribution in [0.1, 0.15) is 54.7 Å². The van der Waals surface area contributed by atoms with Gasteiger partial charge in [0.2, 0.25) is 0 Å². The maximum Gasteiger partial charge on any atom is 0.350 e. The minimum absolute atomic E-state index is 0.0324. The van der Waals surface area contributed by atoms with E-state index in [2.05, 4.69) is 12.0 Å². The van der Waals surface area contributed by atoms with Crippen LogP contribution in [0.25, 0.3) is 5.69 Å². The van der Waals surface area contributed by atoms with Crippen molar-refractivity contribution in [2.75, 3.05) is 19.7 Å². The third-order valence-corrected chi connectivity index (χ3v) is 5.98. The number of aryl methyl sites for hydroxylation is 1. The quantitative estimate of drug-likeness (QED) is 0.531. The number of amides is 1. The first-order valence-corrected chi connectivity index (χ1v) is 11.3. The van der Waals surface area contributed by atoms with Crippen molar-refractivity contribution >= 4 is 5.91 Å². The molecule has 1 fully saturated rings. The van der Waals surface area contributed by atoms with E-state index in [1.54, 1.807) is 11.6 Å². The Labute approximate surface area is 188 Å². The van der Waals surface area contributed by atoms with Crippen molar-refractivity contribution in [1.29, 1.82) is 0 Å². The monoisotopic (exact) mass is 434 g/mol. The van der Waals surface area contributed by atoms with Crippen molar-refractivity contribution in [3.8, 4) is 11.4 Å². The van der Waals surface area contributed by atoms with Crippen LogP contribution < -0.4 is 10.4 Å².